The van der Waals surface area contributed by atoms with E-state index >= 15 is 0 Å². The van der Waals surface area contributed by atoms with Crippen molar-refractivity contribution in [2.75, 3.05) is 45.9 Å². The lowest BCUT2D eigenvalue weighted by atomic mass is 9.90. The number of nitrogens with zero attached hydrogens (tertiary/aromatic N) is 3. The molecule has 1 N–H and O–H groups in total. The Morgan fingerprint density at radius 3 is 2.27 bits per heavy atom. The van der Waals surface area contributed by atoms with Crippen molar-refractivity contribution in [3.63, 3.8) is 0 Å². The van der Waals surface area contributed by atoms with Crippen molar-refractivity contribution in [3.05, 3.63) is 81.5 Å². The molecule has 1 fully saturated rings. The quantitative estimate of drug-likeness (QED) is 0.481. The molecule has 1 saturated heterocycles. The van der Waals surface area contributed by atoms with Crippen molar-refractivity contribution in [2.45, 2.75) is 26.1 Å². The molecule has 2 aliphatic heterocycles. The number of halogens is 4. The first-order valence-electron chi connectivity index (χ1n) is 13.0. The Kier molecular flexibility index (Phi) is 9.05. The number of hydrogen-bond donors (Lipinski definition) is 1. The van der Waals surface area contributed by atoms with E-state index in [1.54, 1.807) is 43.0 Å². The number of alkyl halides is 3. The first kappa shape index (κ1) is 29.4. The van der Waals surface area contributed by atoms with Gasteiger partial charge in [0.05, 0.1) is 23.8 Å². The lowest BCUT2D eigenvalue weighted by Crippen LogP contribution is -2.54. The first-order chi connectivity index (χ1) is 19.0. The molecule has 0 spiro atoms. The second-order valence-electron chi connectivity index (χ2n) is 9.37. The highest BCUT2D eigenvalue weighted by atomic mass is 35.5. The van der Waals surface area contributed by atoms with Gasteiger partial charge in [-0.3, -0.25) is 14.6 Å². The fraction of sp³-hybridized carbons (Fsp3) is 0.393. The number of urea groups is 1. The highest BCUT2D eigenvalue weighted by molar-refractivity contribution is 6.30. The van der Waals surface area contributed by atoms with Crippen molar-refractivity contribution in [1.29, 1.82) is 0 Å². The zero-order valence-electron chi connectivity index (χ0n) is 22.1. The number of carbonyl (C=O) groups excluding carboxylic acids is 3. The van der Waals surface area contributed by atoms with Gasteiger partial charge >= 0.3 is 18.2 Å². The molecular formula is C28H30ClF3N4O4. The largest absolute Gasteiger partial charge is 0.463 e. The Morgan fingerprint density at radius 1 is 1.02 bits per heavy atom. The summed E-state index contributed by atoms with van der Waals surface area (Å²) in [7, 11) is 0. The fourth-order valence-electron chi connectivity index (χ4n) is 4.99. The molecule has 2 aromatic carbocycles. The number of benzene rings is 2. The van der Waals surface area contributed by atoms with Gasteiger partial charge in [0, 0.05) is 55.6 Å². The monoisotopic (exact) mass is 578 g/mol. The Hall–Kier alpha value is -3.57. The van der Waals surface area contributed by atoms with Gasteiger partial charge in [0.2, 0.25) is 0 Å². The molecule has 0 aliphatic carbocycles. The van der Waals surface area contributed by atoms with E-state index in [2.05, 4.69) is 5.32 Å². The van der Waals surface area contributed by atoms with E-state index in [0.717, 1.165) is 6.07 Å². The van der Waals surface area contributed by atoms with Crippen molar-refractivity contribution < 1.29 is 32.3 Å². The molecule has 2 aliphatic rings. The van der Waals surface area contributed by atoms with Crippen LogP contribution in [0.1, 0.15) is 41.4 Å². The van der Waals surface area contributed by atoms with Crippen LogP contribution >= 0.6 is 11.6 Å². The maximum Gasteiger partial charge on any atom is 0.416 e. The van der Waals surface area contributed by atoms with Gasteiger partial charge in [0.1, 0.15) is 0 Å². The SMILES string of the molecule is CCOC(=O)C1=C(CN2CCN(C(=O)c3ccc(Cl)cc3)CC2)N(CC)C(=O)NC1c1ccccc1C(F)(F)F. The number of piperazine rings is 1. The van der Waals surface area contributed by atoms with Gasteiger partial charge in [-0.25, -0.2) is 9.59 Å². The third kappa shape index (κ3) is 6.26. The van der Waals surface area contributed by atoms with E-state index in [9.17, 15) is 27.6 Å². The predicted octanol–water partition coefficient (Wildman–Crippen LogP) is 4.72. The summed E-state index contributed by atoms with van der Waals surface area (Å²) in [4.78, 5) is 44.3. The van der Waals surface area contributed by atoms with Gasteiger partial charge in [-0.2, -0.15) is 13.2 Å². The van der Waals surface area contributed by atoms with Crippen LogP contribution in [0.3, 0.4) is 0 Å². The van der Waals surface area contributed by atoms with Gasteiger partial charge < -0.3 is 15.0 Å². The molecule has 0 saturated carbocycles. The van der Waals surface area contributed by atoms with E-state index in [1.807, 2.05) is 4.90 Å². The molecule has 2 aromatic rings. The Labute approximate surface area is 235 Å². The fourth-order valence-corrected chi connectivity index (χ4v) is 5.12. The molecule has 1 atom stereocenters. The van der Waals surface area contributed by atoms with Crippen LogP contribution in [0.15, 0.2) is 59.8 Å². The van der Waals surface area contributed by atoms with E-state index in [4.69, 9.17) is 16.3 Å². The van der Waals surface area contributed by atoms with Crippen LogP contribution < -0.4 is 5.32 Å². The third-order valence-electron chi connectivity index (χ3n) is 6.95. The summed E-state index contributed by atoms with van der Waals surface area (Å²) in [5.74, 6) is -0.937. The maximum absolute atomic E-state index is 13.9. The van der Waals surface area contributed by atoms with Gasteiger partial charge in [-0.05, 0) is 49.7 Å². The standard InChI is InChI=1S/C28H30ClF3N4O4/c1-3-36-22(17-34-13-15-35(16-14-34)25(37)18-9-11-19(29)12-10-18)23(26(38)40-4-2)24(33-27(36)39)20-7-5-6-8-21(20)28(30,31)32/h5-12,24H,3-4,13-17H2,1-2H3,(H,33,39). The molecule has 40 heavy (non-hydrogen) atoms. The molecule has 12 heteroatoms. The van der Waals surface area contributed by atoms with E-state index in [1.165, 1.54) is 23.1 Å². The van der Waals surface area contributed by atoms with Crippen LogP contribution in [0.25, 0.3) is 0 Å². The summed E-state index contributed by atoms with van der Waals surface area (Å²) in [5, 5.41) is 3.12. The third-order valence-corrected chi connectivity index (χ3v) is 7.20. The average molecular weight is 579 g/mol. The van der Waals surface area contributed by atoms with Gasteiger partial charge in [-0.1, -0.05) is 29.8 Å². The number of ether oxygens (including phenoxy) is 1. The smallest absolute Gasteiger partial charge is 0.416 e. The average Bonchev–Trinajstić information content (AvgIpc) is 2.93. The minimum Gasteiger partial charge on any atom is -0.463 e. The topological polar surface area (TPSA) is 82.2 Å². The Morgan fingerprint density at radius 2 is 1.68 bits per heavy atom. The van der Waals surface area contributed by atoms with Gasteiger partial charge in [0.15, 0.2) is 0 Å². The number of esters is 1. The maximum atomic E-state index is 13.9. The van der Waals surface area contributed by atoms with E-state index in [-0.39, 0.29) is 42.4 Å². The number of rotatable bonds is 7. The van der Waals surface area contributed by atoms with E-state index < -0.39 is 29.8 Å². The van der Waals surface area contributed by atoms with Gasteiger partial charge in [0.25, 0.3) is 5.91 Å². The summed E-state index contributed by atoms with van der Waals surface area (Å²) >= 11 is 5.92. The molecule has 1 unspecified atom stereocenters. The molecule has 0 bridgehead atoms. The lowest BCUT2D eigenvalue weighted by molar-refractivity contribution is -0.141. The number of amides is 3. The highest BCUT2D eigenvalue weighted by Crippen LogP contribution is 2.39. The Bertz CT molecular complexity index is 1290. The summed E-state index contributed by atoms with van der Waals surface area (Å²) in [5.41, 5.74) is -0.431. The first-order valence-corrected chi connectivity index (χ1v) is 13.3. The normalized spacial score (nSPS) is 18.6. The van der Waals surface area contributed by atoms with Crippen molar-refractivity contribution in [1.82, 2.24) is 20.0 Å². The number of hydrogen-bond acceptors (Lipinski definition) is 5. The van der Waals surface area contributed by atoms with Crippen molar-refractivity contribution in [3.8, 4) is 0 Å². The molecular weight excluding hydrogens is 549 g/mol. The highest BCUT2D eigenvalue weighted by Gasteiger charge is 2.43. The zero-order valence-corrected chi connectivity index (χ0v) is 22.9. The summed E-state index contributed by atoms with van der Waals surface area (Å²) in [6.07, 6.45) is -4.70. The van der Waals surface area contributed by atoms with Crippen molar-refractivity contribution >= 4 is 29.5 Å². The van der Waals surface area contributed by atoms with Crippen LogP contribution in [0.4, 0.5) is 18.0 Å². The molecule has 0 aromatic heterocycles. The summed E-state index contributed by atoms with van der Waals surface area (Å²) in [6.45, 7) is 5.28. The minimum atomic E-state index is -4.70. The van der Waals surface area contributed by atoms with Crippen LogP contribution in [-0.4, -0.2) is 78.5 Å². The summed E-state index contributed by atoms with van der Waals surface area (Å²) in [6, 6.07) is 9.53. The van der Waals surface area contributed by atoms with Crippen LogP contribution in [0.2, 0.25) is 5.02 Å². The predicted molar refractivity (Wildman–Crippen MR) is 143 cm³/mol. The zero-order chi connectivity index (χ0) is 29.0. The Balaban J connectivity index is 1.65. The van der Waals surface area contributed by atoms with Crippen LogP contribution in [0.5, 0.6) is 0 Å². The van der Waals surface area contributed by atoms with Crippen LogP contribution in [0, 0.1) is 0 Å². The second-order valence-corrected chi connectivity index (χ2v) is 9.80. The van der Waals surface area contributed by atoms with Crippen LogP contribution in [-0.2, 0) is 15.7 Å². The minimum absolute atomic E-state index is 0.00874. The molecule has 4 rings (SSSR count). The number of likely N-dealkylation sites (N-methyl/N-ethyl adjacent to an activating group) is 1. The number of nitrogens with one attached hydrogen (secondary N) is 1. The molecule has 2 heterocycles. The second kappa shape index (κ2) is 12.3. The van der Waals surface area contributed by atoms with E-state index in [0.29, 0.717) is 36.8 Å². The number of carbonyl (C=O) groups is 3. The lowest BCUT2D eigenvalue weighted by Gasteiger charge is -2.40. The summed E-state index contributed by atoms with van der Waals surface area (Å²) < 4.78 is 47.1. The van der Waals surface area contributed by atoms with Crippen molar-refractivity contribution in [2.24, 2.45) is 0 Å². The molecule has 0 radical (unpaired) electrons. The molecule has 214 valence electrons. The van der Waals surface area contributed by atoms with Gasteiger partial charge in [-0.15, -0.1) is 0 Å². The molecule has 8 nitrogen and oxygen atoms in total. The molecule has 3 amide bonds.